The summed E-state index contributed by atoms with van der Waals surface area (Å²) in [4.78, 5) is 2.43. The first kappa shape index (κ1) is 15.5. The summed E-state index contributed by atoms with van der Waals surface area (Å²) in [6.07, 6.45) is 3.46. The smallest absolute Gasteiger partial charge is 0.128 e. The molecule has 1 aliphatic heterocycles. The van der Waals surface area contributed by atoms with E-state index < -0.39 is 0 Å². The summed E-state index contributed by atoms with van der Waals surface area (Å²) in [6.45, 7) is 8.07. The molecule has 3 heteroatoms. The summed E-state index contributed by atoms with van der Waals surface area (Å²) in [7, 11) is 0. The predicted octanol–water partition coefficient (Wildman–Crippen LogP) is 3.64. The normalized spacial score (nSPS) is 24.9. The van der Waals surface area contributed by atoms with Crippen LogP contribution in [0.2, 0.25) is 0 Å². The van der Waals surface area contributed by atoms with Crippen LogP contribution in [0, 0.1) is 18.7 Å². The fourth-order valence-electron chi connectivity index (χ4n) is 3.42. The quantitative estimate of drug-likeness (QED) is 0.914. The Morgan fingerprint density at radius 3 is 2.75 bits per heavy atom. The van der Waals surface area contributed by atoms with Crippen molar-refractivity contribution in [1.29, 1.82) is 0 Å². The maximum absolute atomic E-state index is 14.4. The van der Waals surface area contributed by atoms with Crippen LogP contribution in [0.5, 0.6) is 0 Å². The zero-order valence-corrected chi connectivity index (χ0v) is 12.9. The number of halogens is 1. The van der Waals surface area contributed by atoms with Gasteiger partial charge in [0, 0.05) is 17.6 Å². The van der Waals surface area contributed by atoms with Crippen LogP contribution in [0.4, 0.5) is 4.39 Å². The molecule has 0 saturated carbocycles. The van der Waals surface area contributed by atoms with Gasteiger partial charge in [-0.2, -0.15) is 0 Å². The second-order valence-corrected chi connectivity index (χ2v) is 6.29. The molecule has 2 unspecified atom stereocenters. The van der Waals surface area contributed by atoms with Crippen LogP contribution >= 0.6 is 0 Å². The van der Waals surface area contributed by atoms with E-state index in [2.05, 4.69) is 18.7 Å². The van der Waals surface area contributed by atoms with Gasteiger partial charge in [-0.1, -0.05) is 24.1 Å². The standard InChI is InChI=1S/C17H27FN2/c1-12(2)20-9-5-4-6-14(11-19)17(20)15-10-13(3)7-8-16(15)18/h7-8,10,12,14,17H,4-6,9,11,19H2,1-3H3. The molecular formula is C17H27FN2. The van der Waals surface area contributed by atoms with E-state index in [0.29, 0.717) is 18.5 Å². The molecule has 2 N–H and O–H groups in total. The van der Waals surface area contributed by atoms with Crippen LogP contribution in [-0.4, -0.2) is 24.0 Å². The number of likely N-dealkylation sites (tertiary alicyclic amines) is 1. The van der Waals surface area contributed by atoms with Crippen LogP contribution < -0.4 is 5.73 Å². The van der Waals surface area contributed by atoms with Gasteiger partial charge in [0.15, 0.2) is 0 Å². The minimum Gasteiger partial charge on any atom is -0.330 e. The molecule has 2 nitrogen and oxygen atoms in total. The third-order valence-electron chi connectivity index (χ3n) is 4.48. The molecule has 1 aliphatic rings. The molecule has 1 saturated heterocycles. The van der Waals surface area contributed by atoms with Crippen molar-refractivity contribution in [2.24, 2.45) is 11.7 Å². The molecule has 112 valence electrons. The van der Waals surface area contributed by atoms with Crippen molar-refractivity contribution in [1.82, 2.24) is 4.90 Å². The summed E-state index contributed by atoms with van der Waals surface area (Å²) in [5.41, 5.74) is 7.95. The molecule has 0 amide bonds. The monoisotopic (exact) mass is 278 g/mol. The zero-order valence-electron chi connectivity index (χ0n) is 12.9. The van der Waals surface area contributed by atoms with Gasteiger partial charge in [-0.25, -0.2) is 4.39 Å². The highest BCUT2D eigenvalue weighted by atomic mass is 19.1. The Labute approximate surface area is 122 Å². The van der Waals surface area contributed by atoms with Gasteiger partial charge in [-0.05, 0) is 58.7 Å². The van der Waals surface area contributed by atoms with Crippen molar-refractivity contribution in [3.8, 4) is 0 Å². The van der Waals surface area contributed by atoms with Crippen molar-refractivity contribution in [2.75, 3.05) is 13.1 Å². The fraction of sp³-hybridized carbons (Fsp3) is 0.647. The van der Waals surface area contributed by atoms with E-state index in [-0.39, 0.29) is 11.9 Å². The molecule has 1 heterocycles. The van der Waals surface area contributed by atoms with Gasteiger partial charge in [-0.3, -0.25) is 4.90 Å². The minimum atomic E-state index is -0.0911. The Morgan fingerprint density at radius 2 is 2.10 bits per heavy atom. The first-order valence-corrected chi connectivity index (χ1v) is 7.76. The molecule has 0 radical (unpaired) electrons. The zero-order chi connectivity index (χ0) is 14.7. The van der Waals surface area contributed by atoms with Crippen LogP contribution in [0.25, 0.3) is 0 Å². The summed E-state index contributed by atoms with van der Waals surface area (Å²) in [5.74, 6) is 0.253. The van der Waals surface area contributed by atoms with Crippen molar-refractivity contribution < 1.29 is 4.39 Å². The first-order valence-electron chi connectivity index (χ1n) is 7.76. The fourth-order valence-corrected chi connectivity index (χ4v) is 3.42. The maximum atomic E-state index is 14.4. The topological polar surface area (TPSA) is 29.3 Å². The van der Waals surface area contributed by atoms with Crippen molar-refractivity contribution in [3.63, 3.8) is 0 Å². The molecule has 0 aliphatic carbocycles. The van der Waals surface area contributed by atoms with E-state index in [1.807, 2.05) is 19.1 Å². The number of hydrogen-bond acceptors (Lipinski definition) is 2. The van der Waals surface area contributed by atoms with Gasteiger partial charge in [0.2, 0.25) is 0 Å². The molecule has 20 heavy (non-hydrogen) atoms. The Hall–Kier alpha value is -0.930. The molecule has 1 aromatic carbocycles. The van der Waals surface area contributed by atoms with E-state index in [0.717, 1.165) is 24.1 Å². The van der Waals surface area contributed by atoms with Gasteiger partial charge in [0.25, 0.3) is 0 Å². The molecule has 0 spiro atoms. The SMILES string of the molecule is Cc1ccc(F)c(C2C(CN)CCCCN2C(C)C)c1. The van der Waals surface area contributed by atoms with Gasteiger partial charge in [0.1, 0.15) is 5.82 Å². The van der Waals surface area contributed by atoms with E-state index in [1.165, 1.54) is 12.8 Å². The molecule has 0 bridgehead atoms. The van der Waals surface area contributed by atoms with Gasteiger partial charge < -0.3 is 5.73 Å². The number of nitrogens with zero attached hydrogens (tertiary/aromatic N) is 1. The molecule has 1 aromatic rings. The highest BCUT2D eigenvalue weighted by Gasteiger charge is 2.33. The highest BCUT2D eigenvalue weighted by Crippen LogP contribution is 2.37. The average molecular weight is 278 g/mol. The Bertz CT molecular complexity index is 445. The Morgan fingerprint density at radius 1 is 1.35 bits per heavy atom. The Kier molecular flexibility index (Phi) is 5.17. The lowest BCUT2D eigenvalue weighted by atomic mass is 9.87. The van der Waals surface area contributed by atoms with Crippen molar-refractivity contribution >= 4 is 0 Å². The van der Waals surface area contributed by atoms with E-state index in [1.54, 1.807) is 6.07 Å². The molecule has 2 atom stereocenters. The largest absolute Gasteiger partial charge is 0.330 e. The molecule has 2 rings (SSSR count). The summed E-state index contributed by atoms with van der Waals surface area (Å²) >= 11 is 0. The molecule has 0 aromatic heterocycles. The number of hydrogen-bond donors (Lipinski definition) is 1. The summed E-state index contributed by atoms with van der Waals surface area (Å²) in [5, 5.41) is 0. The first-order chi connectivity index (χ1) is 9.54. The lowest BCUT2D eigenvalue weighted by Gasteiger charge is -2.38. The lowest BCUT2D eigenvalue weighted by Crippen LogP contribution is -2.40. The number of rotatable bonds is 3. The molecular weight excluding hydrogens is 251 g/mol. The van der Waals surface area contributed by atoms with Crippen molar-refractivity contribution in [2.45, 2.75) is 52.1 Å². The predicted molar refractivity (Wildman–Crippen MR) is 82.1 cm³/mol. The van der Waals surface area contributed by atoms with E-state index in [9.17, 15) is 4.39 Å². The number of nitrogens with two attached hydrogens (primary N) is 1. The Balaban J connectivity index is 2.45. The van der Waals surface area contributed by atoms with Crippen LogP contribution in [0.3, 0.4) is 0 Å². The van der Waals surface area contributed by atoms with Gasteiger partial charge in [0.05, 0.1) is 0 Å². The van der Waals surface area contributed by atoms with Gasteiger partial charge >= 0.3 is 0 Å². The lowest BCUT2D eigenvalue weighted by molar-refractivity contribution is 0.118. The van der Waals surface area contributed by atoms with E-state index in [4.69, 9.17) is 5.73 Å². The van der Waals surface area contributed by atoms with E-state index >= 15 is 0 Å². The van der Waals surface area contributed by atoms with Crippen LogP contribution in [0.15, 0.2) is 18.2 Å². The third-order valence-corrected chi connectivity index (χ3v) is 4.48. The highest BCUT2D eigenvalue weighted by molar-refractivity contribution is 5.28. The second kappa shape index (κ2) is 6.68. The average Bonchev–Trinajstić information content (AvgIpc) is 2.63. The third kappa shape index (κ3) is 3.21. The number of benzene rings is 1. The van der Waals surface area contributed by atoms with Gasteiger partial charge in [-0.15, -0.1) is 0 Å². The second-order valence-electron chi connectivity index (χ2n) is 6.29. The molecule has 1 fully saturated rings. The van der Waals surface area contributed by atoms with Crippen molar-refractivity contribution in [3.05, 3.63) is 35.1 Å². The van der Waals surface area contributed by atoms with Crippen LogP contribution in [0.1, 0.15) is 50.3 Å². The summed E-state index contributed by atoms with van der Waals surface area (Å²) < 4.78 is 14.4. The summed E-state index contributed by atoms with van der Waals surface area (Å²) in [6, 6.07) is 5.96. The number of aryl methyl sites for hydroxylation is 1. The minimum absolute atomic E-state index is 0.0911. The maximum Gasteiger partial charge on any atom is 0.128 e. The van der Waals surface area contributed by atoms with Crippen LogP contribution in [-0.2, 0) is 0 Å².